The van der Waals surface area contributed by atoms with Gasteiger partial charge in [-0.1, -0.05) is 60.7 Å². The van der Waals surface area contributed by atoms with Gasteiger partial charge in [0, 0.05) is 18.7 Å². The Kier molecular flexibility index (Phi) is 8.67. The van der Waals surface area contributed by atoms with E-state index in [0.717, 1.165) is 31.2 Å². The van der Waals surface area contributed by atoms with E-state index in [1.54, 1.807) is 6.07 Å². The quantitative estimate of drug-likeness (QED) is 0.287. The lowest BCUT2D eigenvalue weighted by molar-refractivity contribution is 0.425. The predicted molar refractivity (Wildman–Crippen MR) is 127 cm³/mol. The van der Waals surface area contributed by atoms with Crippen LogP contribution in [-0.4, -0.2) is 32.9 Å². The third kappa shape index (κ3) is 8.00. The molecule has 0 amide bonds. The highest BCUT2D eigenvalue weighted by atomic mass is 32.2. The van der Waals surface area contributed by atoms with Crippen LogP contribution in [0.25, 0.3) is 0 Å². The SMILES string of the molecule is CS(=O)(=O)Oc1c(O)cc(CNCCc2ccccc2)cc1CNCCc1ccccc1. The average molecular weight is 455 g/mol. The molecular formula is C25H30N2O4S. The molecule has 0 bridgehead atoms. The minimum absolute atomic E-state index is 0.0206. The van der Waals surface area contributed by atoms with E-state index in [1.807, 2.05) is 42.5 Å². The Morgan fingerprint density at radius 1 is 0.781 bits per heavy atom. The second-order valence-corrected chi connectivity index (χ2v) is 9.29. The lowest BCUT2D eigenvalue weighted by Crippen LogP contribution is -2.19. The molecule has 0 aliphatic carbocycles. The number of phenolic OH excluding ortho intramolecular Hbond substituents is 1. The number of aromatic hydroxyl groups is 1. The van der Waals surface area contributed by atoms with Gasteiger partial charge in [-0.25, -0.2) is 0 Å². The lowest BCUT2D eigenvalue weighted by atomic mass is 10.1. The van der Waals surface area contributed by atoms with Crippen molar-refractivity contribution in [2.75, 3.05) is 19.3 Å². The fraction of sp³-hybridized carbons (Fsp3) is 0.280. The Labute approximate surface area is 190 Å². The molecule has 32 heavy (non-hydrogen) atoms. The van der Waals surface area contributed by atoms with Gasteiger partial charge >= 0.3 is 10.1 Å². The molecule has 0 unspecified atom stereocenters. The van der Waals surface area contributed by atoms with Crippen molar-refractivity contribution in [2.45, 2.75) is 25.9 Å². The summed E-state index contributed by atoms with van der Waals surface area (Å²) < 4.78 is 28.4. The maximum absolute atomic E-state index is 11.7. The predicted octanol–water partition coefficient (Wildman–Crippen LogP) is 3.40. The van der Waals surface area contributed by atoms with E-state index < -0.39 is 10.1 Å². The summed E-state index contributed by atoms with van der Waals surface area (Å²) in [5.74, 6) is -0.203. The minimum atomic E-state index is -3.76. The zero-order valence-corrected chi connectivity index (χ0v) is 19.1. The normalized spacial score (nSPS) is 11.4. The summed E-state index contributed by atoms with van der Waals surface area (Å²) >= 11 is 0. The van der Waals surface area contributed by atoms with Crippen LogP contribution in [0.3, 0.4) is 0 Å². The molecule has 6 nitrogen and oxygen atoms in total. The largest absolute Gasteiger partial charge is 0.504 e. The van der Waals surface area contributed by atoms with Crippen LogP contribution in [0.4, 0.5) is 0 Å². The highest BCUT2D eigenvalue weighted by Crippen LogP contribution is 2.33. The van der Waals surface area contributed by atoms with Gasteiger partial charge in [0.15, 0.2) is 11.5 Å². The van der Waals surface area contributed by atoms with Crippen molar-refractivity contribution in [3.05, 3.63) is 95.1 Å². The first-order chi connectivity index (χ1) is 15.4. The van der Waals surface area contributed by atoms with E-state index in [0.29, 0.717) is 25.2 Å². The van der Waals surface area contributed by atoms with Crippen molar-refractivity contribution in [1.82, 2.24) is 10.6 Å². The summed E-state index contributed by atoms with van der Waals surface area (Å²) in [5, 5.41) is 17.1. The Hall–Kier alpha value is -2.87. The van der Waals surface area contributed by atoms with E-state index in [4.69, 9.17) is 4.18 Å². The van der Waals surface area contributed by atoms with Gasteiger partial charge in [0.25, 0.3) is 0 Å². The second-order valence-electron chi connectivity index (χ2n) is 7.72. The van der Waals surface area contributed by atoms with Crippen LogP contribution in [0.15, 0.2) is 72.8 Å². The van der Waals surface area contributed by atoms with Crippen LogP contribution in [0.5, 0.6) is 11.5 Å². The van der Waals surface area contributed by atoms with Crippen LogP contribution >= 0.6 is 0 Å². The molecule has 7 heteroatoms. The third-order valence-electron chi connectivity index (χ3n) is 4.95. The van der Waals surface area contributed by atoms with Crippen molar-refractivity contribution in [2.24, 2.45) is 0 Å². The third-order valence-corrected chi connectivity index (χ3v) is 5.42. The molecule has 170 valence electrons. The number of hydrogen-bond acceptors (Lipinski definition) is 6. The van der Waals surface area contributed by atoms with E-state index in [1.165, 1.54) is 11.1 Å². The molecule has 3 N–H and O–H groups in total. The van der Waals surface area contributed by atoms with Crippen LogP contribution in [0.1, 0.15) is 22.3 Å². The van der Waals surface area contributed by atoms with Crippen LogP contribution in [0, 0.1) is 0 Å². The van der Waals surface area contributed by atoms with Gasteiger partial charge in [0.1, 0.15) is 0 Å². The molecule has 0 aliphatic heterocycles. The molecule has 0 atom stereocenters. The Bertz CT molecular complexity index is 1090. The van der Waals surface area contributed by atoms with Crippen LogP contribution < -0.4 is 14.8 Å². The molecule has 0 spiro atoms. The zero-order chi connectivity index (χ0) is 22.8. The van der Waals surface area contributed by atoms with Gasteiger partial charge in [-0.15, -0.1) is 0 Å². The summed E-state index contributed by atoms with van der Waals surface area (Å²) in [5.41, 5.74) is 3.93. The summed E-state index contributed by atoms with van der Waals surface area (Å²) in [4.78, 5) is 0. The molecule has 0 aliphatic rings. The molecule has 0 radical (unpaired) electrons. The molecule has 3 rings (SSSR count). The molecule has 0 saturated heterocycles. The number of benzene rings is 3. The van der Waals surface area contributed by atoms with Gasteiger partial charge in [-0.05, 0) is 54.8 Å². The van der Waals surface area contributed by atoms with Crippen LogP contribution in [0.2, 0.25) is 0 Å². The summed E-state index contributed by atoms with van der Waals surface area (Å²) in [7, 11) is -3.76. The highest BCUT2D eigenvalue weighted by molar-refractivity contribution is 7.86. The molecule has 0 heterocycles. The van der Waals surface area contributed by atoms with Crippen molar-refractivity contribution in [3.8, 4) is 11.5 Å². The van der Waals surface area contributed by atoms with Crippen molar-refractivity contribution in [1.29, 1.82) is 0 Å². The number of nitrogens with one attached hydrogen (secondary N) is 2. The second kappa shape index (κ2) is 11.7. The molecule has 0 aromatic heterocycles. The fourth-order valence-corrected chi connectivity index (χ4v) is 3.92. The van der Waals surface area contributed by atoms with Gasteiger partial charge in [0.05, 0.1) is 6.26 Å². The first-order valence-electron chi connectivity index (χ1n) is 10.6. The molecule has 3 aromatic rings. The first-order valence-corrected chi connectivity index (χ1v) is 12.5. The summed E-state index contributed by atoms with van der Waals surface area (Å²) in [6.45, 7) is 2.43. The summed E-state index contributed by atoms with van der Waals surface area (Å²) in [6, 6.07) is 23.7. The van der Waals surface area contributed by atoms with Crippen LogP contribution in [-0.2, 0) is 36.0 Å². The van der Waals surface area contributed by atoms with Crippen molar-refractivity contribution >= 4 is 10.1 Å². The number of phenols is 1. The van der Waals surface area contributed by atoms with Gasteiger partial charge in [0.2, 0.25) is 0 Å². The van der Waals surface area contributed by atoms with Gasteiger partial charge in [-0.3, -0.25) is 0 Å². The lowest BCUT2D eigenvalue weighted by Gasteiger charge is -2.15. The first kappa shape index (κ1) is 23.8. The fourth-order valence-electron chi connectivity index (χ4n) is 3.43. The standard InChI is InChI=1S/C25H30N2O4S/c1-32(29,30)31-25-23(19-27-15-13-21-10-6-3-7-11-21)16-22(17-24(25)28)18-26-14-12-20-8-4-2-5-9-20/h2-11,16-17,26-28H,12-15,18-19H2,1H3. The highest BCUT2D eigenvalue weighted by Gasteiger charge is 2.16. The minimum Gasteiger partial charge on any atom is -0.504 e. The molecule has 0 saturated carbocycles. The Morgan fingerprint density at radius 2 is 1.31 bits per heavy atom. The molecule has 0 fully saturated rings. The topological polar surface area (TPSA) is 87.7 Å². The number of hydrogen-bond donors (Lipinski definition) is 3. The molecule has 3 aromatic carbocycles. The summed E-state index contributed by atoms with van der Waals surface area (Å²) in [6.07, 6.45) is 2.71. The maximum atomic E-state index is 11.7. The van der Waals surface area contributed by atoms with Gasteiger partial charge < -0.3 is 19.9 Å². The smallest absolute Gasteiger partial charge is 0.306 e. The monoisotopic (exact) mass is 454 g/mol. The maximum Gasteiger partial charge on any atom is 0.306 e. The van der Waals surface area contributed by atoms with Gasteiger partial charge in [-0.2, -0.15) is 8.42 Å². The van der Waals surface area contributed by atoms with E-state index in [2.05, 4.69) is 34.9 Å². The Morgan fingerprint density at radius 3 is 1.84 bits per heavy atom. The van der Waals surface area contributed by atoms with E-state index >= 15 is 0 Å². The zero-order valence-electron chi connectivity index (χ0n) is 18.3. The van der Waals surface area contributed by atoms with Crippen molar-refractivity contribution < 1.29 is 17.7 Å². The average Bonchev–Trinajstić information content (AvgIpc) is 2.77. The Balaban J connectivity index is 1.62. The van der Waals surface area contributed by atoms with E-state index in [-0.39, 0.29) is 11.5 Å². The number of rotatable bonds is 12. The van der Waals surface area contributed by atoms with E-state index in [9.17, 15) is 13.5 Å². The van der Waals surface area contributed by atoms with Crippen molar-refractivity contribution in [3.63, 3.8) is 0 Å². The molecular weight excluding hydrogens is 424 g/mol.